The van der Waals surface area contributed by atoms with Gasteiger partial charge in [0.1, 0.15) is 6.61 Å². The van der Waals surface area contributed by atoms with E-state index < -0.39 is 5.91 Å². The molecule has 0 saturated carbocycles. The molecule has 0 fully saturated rings. The Balaban J connectivity index is 3.26. The van der Waals surface area contributed by atoms with Crippen LogP contribution in [0.25, 0.3) is 0 Å². The first kappa shape index (κ1) is 14.6. The van der Waals surface area contributed by atoms with Crippen molar-refractivity contribution < 1.29 is 19.1 Å². The summed E-state index contributed by atoms with van der Waals surface area (Å²) in [6.07, 6.45) is 3.02. The third-order valence-corrected chi connectivity index (χ3v) is 1.47. The molecule has 0 atom stereocenters. The van der Waals surface area contributed by atoms with Crippen molar-refractivity contribution in [3.8, 4) is 0 Å². The van der Waals surface area contributed by atoms with E-state index in [0.29, 0.717) is 26.3 Å². The number of esters is 1. The monoisotopic (exact) mass is 230 g/mol. The van der Waals surface area contributed by atoms with Gasteiger partial charge in [-0.3, -0.25) is 4.79 Å². The van der Waals surface area contributed by atoms with Gasteiger partial charge < -0.3 is 20.5 Å². The third kappa shape index (κ3) is 10.7. The number of primary amides is 1. The van der Waals surface area contributed by atoms with Gasteiger partial charge >= 0.3 is 5.97 Å². The van der Waals surface area contributed by atoms with Crippen LogP contribution in [0.5, 0.6) is 0 Å². The minimum Gasteiger partial charge on any atom is -0.463 e. The van der Waals surface area contributed by atoms with Gasteiger partial charge in [0.05, 0.1) is 13.2 Å². The molecule has 92 valence electrons. The van der Waals surface area contributed by atoms with Crippen LogP contribution < -0.4 is 11.1 Å². The van der Waals surface area contributed by atoms with Crippen molar-refractivity contribution in [3.05, 3.63) is 12.2 Å². The predicted octanol–water partition coefficient (Wildman–Crippen LogP) is -0.803. The Morgan fingerprint density at radius 2 is 2.19 bits per heavy atom. The maximum absolute atomic E-state index is 10.8. The van der Waals surface area contributed by atoms with Crippen LogP contribution in [0.1, 0.15) is 6.92 Å². The molecule has 0 bridgehead atoms. The highest BCUT2D eigenvalue weighted by Crippen LogP contribution is 1.80. The lowest BCUT2D eigenvalue weighted by atomic mass is 10.5. The molecule has 1 amide bonds. The number of carbonyl (C=O) groups is 2. The molecule has 0 unspecified atom stereocenters. The summed E-state index contributed by atoms with van der Waals surface area (Å²) in [7, 11) is 0. The van der Waals surface area contributed by atoms with E-state index in [0.717, 1.165) is 0 Å². The molecule has 0 aliphatic carbocycles. The standard InChI is InChI=1S/C10H18N2O4/c1-2-16-10(14)4-3-5-12-6-7-15-8-9(11)13/h3-4,12H,2,5-8H2,1H3,(H2,11,13)/b4-3+. The smallest absolute Gasteiger partial charge is 0.330 e. The molecule has 0 heterocycles. The lowest BCUT2D eigenvalue weighted by Crippen LogP contribution is -2.24. The van der Waals surface area contributed by atoms with E-state index in [2.05, 4.69) is 10.1 Å². The first-order valence-electron chi connectivity index (χ1n) is 5.07. The lowest BCUT2D eigenvalue weighted by Gasteiger charge is -2.01. The number of amides is 1. The Hall–Kier alpha value is -1.40. The second-order valence-electron chi connectivity index (χ2n) is 2.88. The highest BCUT2D eigenvalue weighted by Gasteiger charge is 1.93. The van der Waals surface area contributed by atoms with Crippen molar-refractivity contribution in [2.75, 3.05) is 32.9 Å². The van der Waals surface area contributed by atoms with Crippen molar-refractivity contribution in [2.24, 2.45) is 5.73 Å². The maximum atomic E-state index is 10.8. The summed E-state index contributed by atoms with van der Waals surface area (Å²) >= 11 is 0. The zero-order valence-electron chi connectivity index (χ0n) is 9.40. The van der Waals surface area contributed by atoms with Gasteiger partial charge in [-0.2, -0.15) is 0 Å². The van der Waals surface area contributed by atoms with Crippen molar-refractivity contribution in [3.63, 3.8) is 0 Å². The summed E-state index contributed by atoms with van der Waals surface area (Å²) in [6, 6.07) is 0. The first-order chi connectivity index (χ1) is 7.66. The Labute approximate surface area is 94.8 Å². The molecular weight excluding hydrogens is 212 g/mol. The number of nitrogens with one attached hydrogen (secondary N) is 1. The van der Waals surface area contributed by atoms with E-state index in [1.807, 2.05) is 0 Å². The van der Waals surface area contributed by atoms with Gasteiger partial charge in [0.15, 0.2) is 0 Å². The van der Waals surface area contributed by atoms with Crippen LogP contribution in [0, 0.1) is 0 Å². The summed E-state index contributed by atoms with van der Waals surface area (Å²) in [4.78, 5) is 21.1. The Morgan fingerprint density at radius 1 is 1.44 bits per heavy atom. The molecular formula is C10H18N2O4. The predicted molar refractivity (Wildman–Crippen MR) is 58.7 cm³/mol. The Kier molecular flexibility index (Phi) is 9.24. The topological polar surface area (TPSA) is 90.7 Å². The van der Waals surface area contributed by atoms with E-state index in [9.17, 15) is 9.59 Å². The molecule has 0 aliphatic heterocycles. The van der Waals surface area contributed by atoms with Crippen molar-refractivity contribution in [1.29, 1.82) is 0 Å². The number of carbonyl (C=O) groups excluding carboxylic acids is 2. The van der Waals surface area contributed by atoms with Crippen LogP contribution in [-0.4, -0.2) is 44.8 Å². The van der Waals surface area contributed by atoms with E-state index in [1.165, 1.54) is 6.08 Å². The minimum atomic E-state index is -0.484. The quantitative estimate of drug-likeness (QED) is 0.307. The average molecular weight is 230 g/mol. The largest absolute Gasteiger partial charge is 0.463 e. The fourth-order valence-corrected chi connectivity index (χ4v) is 0.848. The second kappa shape index (κ2) is 10.1. The highest BCUT2D eigenvalue weighted by atomic mass is 16.5. The van der Waals surface area contributed by atoms with Gasteiger partial charge in [-0.25, -0.2) is 4.79 Å². The zero-order chi connectivity index (χ0) is 12.2. The number of hydrogen-bond acceptors (Lipinski definition) is 5. The molecule has 3 N–H and O–H groups in total. The molecule has 0 spiro atoms. The fourth-order valence-electron chi connectivity index (χ4n) is 0.848. The third-order valence-electron chi connectivity index (χ3n) is 1.47. The first-order valence-corrected chi connectivity index (χ1v) is 5.07. The molecule has 0 aliphatic rings. The normalized spacial score (nSPS) is 10.6. The second-order valence-corrected chi connectivity index (χ2v) is 2.88. The number of rotatable bonds is 9. The average Bonchev–Trinajstić information content (AvgIpc) is 2.22. The van der Waals surface area contributed by atoms with Gasteiger partial charge in [0.2, 0.25) is 5.91 Å². The number of hydrogen-bond donors (Lipinski definition) is 2. The summed E-state index contributed by atoms with van der Waals surface area (Å²) in [5.41, 5.74) is 4.87. The van der Waals surface area contributed by atoms with Gasteiger partial charge in [0.25, 0.3) is 0 Å². The van der Waals surface area contributed by atoms with Gasteiger partial charge in [-0.1, -0.05) is 6.08 Å². The van der Waals surface area contributed by atoms with E-state index in [4.69, 9.17) is 10.5 Å². The van der Waals surface area contributed by atoms with Crippen molar-refractivity contribution in [2.45, 2.75) is 6.92 Å². The van der Waals surface area contributed by atoms with Gasteiger partial charge in [0, 0.05) is 19.2 Å². The summed E-state index contributed by atoms with van der Waals surface area (Å²) in [6.45, 7) is 3.58. The number of ether oxygens (including phenoxy) is 2. The van der Waals surface area contributed by atoms with Crippen LogP contribution in [0.15, 0.2) is 12.2 Å². The van der Waals surface area contributed by atoms with Crippen LogP contribution >= 0.6 is 0 Å². The van der Waals surface area contributed by atoms with Crippen LogP contribution in [-0.2, 0) is 19.1 Å². The molecule has 16 heavy (non-hydrogen) atoms. The van der Waals surface area contributed by atoms with Gasteiger partial charge in [-0.05, 0) is 6.92 Å². The fraction of sp³-hybridized carbons (Fsp3) is 0.600. The summed E-state index contributed by atoms with van der Waals surface area (Å²) in [5, 5.41) is 2.98. The van der Waals surface area contributed by atoms with Crippen molar-refractivity contribution in [1.82, 2.24) is 5.32 Å². The molecule has 6 nitrogen and oxygen atoms in total. The SMILES string of the molecule is CCOC(=O)/C=C/CNCCOCC(N)=O. The van der Waals surface area contributed by atoms with E-state index >= 15 is 0 Å². The summed E-state index contributed by atoms with van der Waals surface area (Å²) < 4.78 is 9.59. The molecule has 0 aromatic heterocycles. The molecule has 0 saturated heterocycles. The molecule has 0 aromatic carbocycles. The molecule has 6 heteroatoms. The van der Waals surface area contributed by atoms with Crippen LogP contribution in [0.2, 0.25) is 0 Å². The lowest BCUT2D eigenvalue weighted by molar-refractivity contribution is -0.137. The van der Waals surface area contributed by atoms with Crippen LogP contribution in [0.3, 0.4) is 0 Å². The summed E-state index contributed by atoms with van der Waals surface area (Å²) in [5.74, 6) is -0.837. The Bertz CT molecular complexity index is 241. The molecule has 0 aromatic rings. The van der Waals surface area contributed by atoms with E-state index in [-0.39, 0.29) is 12.6 Å². The zero-order valence-corrected chi connectivity index (χ0v) is 9.40. The Morgan fingerprint density at radius 3 is 2.81 bits per heavy atom. The van der Waals surface area contributed by atoms with Gasteiger partial charge in [-0.15, -0.1) is 0 Å². The highest BCUT2D eigenvalue weighted by molar-refractivity contribution is 5.81. The van der Waals surface area contributed by atoms with Crippen molar-refractivity contribution >= 4 is 11.9 Å². The maximum Gasteiger partial charge on any atom is 0.330 e. The minimum absolute atomic E-state index is 0.0691. The van der Waals surface area contributed by atoms with Crippen LogP contribution in [0.4, 0.5) is 0 Å². The molecule has 0 rings (SSSR count). The van der Waals surface area contributed by atoms with E-state index in [1.54, 1.807) is 13.0 Å². The molecule has 0 radical (unpaired) electrons. The number of nitrogens with two attached hydrogens (primary N) is 1.